The SMILES string of the molecule is CCCCCCC(C)C(CCC)CCCCC(=O)O. The highest BCUT2D eigenvalue weighted by atomic mass is 16.4. The first kappa shape index (κ1) is 18.5. The van der Waals surface area contributed by atoms with Crippen molar-refractivity contribution in [3.63, 3.8) is 0 Å². The first-order valence-electron chi connectivity index (χ1n) is 8.33. The van der Waals surface area contributed by atoms with Gasteiger partial charge in [0.05, 0.1) is 0 Å². The fraction of sp³-hybridized carbons (Fsp3) is 0.941. The fourth-order valence-corrected chi connectivity index (χ4v) is 2.90. The molecular weight excluding hydrogens is 236 g/mol. The molecule has 0 aromatic rings. The summed E-state index contributed by atoms with van der Waals surface area (Å²) >= 11 is 0. The van der Waals surface area contributed by atoms with Crippen LogP contribution >= 0.6 is 0 Å². The molecule has 0 amide bonds. The van der Waals surface area contributed by atoms with Crippen molar-refractivity contribution in [1.29, 1.82) is 0 Å². The van der Waals surface area contributed by atoms with Crippen LogP contribution < -0.4 is 0 Å². The predicted molar refractivity (Wildman–Crippen MR) is 82.4 cm³/mol. The second-order valence-corrected chi connectivity index (χ2v) is 6.01. The molecule has 2 atom stereocenters. The number of hydrogen-bond donors (Lipinski definition) is 1. The topological polar surface area (TPSA) is 37.3 Å². The van der Waals surface area contributed by atoms with Crippen LogP contribution in [0.5, 0.6) is 0 Å². The van der Waals surface area contributed by atoms with Gasteiger partial charge in [-0.1, -0.05) is 78.6 Å². The summed E-state index contributed by atoms with van der Waals surface area (Å²) in [6, 6.07) is 0. The lowest BCUT2D eigenvalue weighted by atomic mass is 9.82. The Labute approximate surface area is 120 Å². The molecule has 0 heterocycles. The lowest BCUT2D eigenvalue weighted by Crippen LogP contribution is -2.12. The predicted octanol–water partition coefficient (Wildman–Crippen LogP) is 5.65. The maximum absolute atomic E-state index is 10.5. The summed E-state index contributed by atoms with van der Waals surface area (Å²) in [4.78, 5) is 10.5. The molecule has 0 fully saturated rings. The highest BCUT2D eigenvalue weighted by Crippen LogP contribution is 2.28. The quantitative estimate of drug-likeness (QED) is 0.439. The Hall–Kier alpha value is -0.530. The minimum atomic E-state index is -0.653. The lowest BCUT2D eigenvalue weighted by molar-refractivity contribution is -0.137. The number of carbonyl (C=O) groups is 1. The summed E-state index contributed by atoms with van der Waals surface area (Å²) in [5.41, 5.74) is 0. The molecule has 114 valence electrons. The van der Waals surface area contributed by atoms with Gasteiger partial charge in [-0.25, -0.2) is 0 Å². The number of aliphatic carboxylic acids is 1. The molecule has 0 aromatic carbocycles. The maximum atomic E-state index is 10.5. The van der Waals surface area contributed by atoms with E-state index in [-0.39, 0.29) is 0 Å². The van der Waals surface area contributed by atoms with Gasteiger partial charge in [0.15, 0.2) is 0 Å². The second-order valence-electron chi connectivity index (χ2n) is 6.01. The Morgan fingerprint density at radius 2 is 1.58 bits per heavy atom. The summed E-state index contributed by atoms with van der Waals surface area (Å²) in [6.45, 7) is 6.91. The zero-order valence-electron chi connectivity index (χ0n) is 13.3. The van der Waals surface area contributed by atoms with Gasteiger partial charge >= 0.3 is 5.97 Å². The van der Waals surface area contributed by atoms with E-state index in [2.05, 4.69) is 20.8 Å². The van der Waals surface area contributed by atoms with Gasteiger partial charge in [-0.3, -0.25) is 4.79 Å². The molecule has 0 aliphatic heterocycles. The number of rotatable bonds is 13. The van der Waals surface area contributed by atoms with Gasteiger partial charge in [0.2, 0.25) is 0 Å². The normalized spacial score (nSPS) is 14.3. The van der Waals surface area contributed by atoms with Gasteiger partial charge in [0.1, 0.15) is 0 Å². The van der Waals surface area contributed by atoms with E-state index in [4.69, 9.17) is 5.11 Å². The van der Waals surface area contributed by atoms with Gasteiger partial charge in [0.25, 0.3) is 0 Å². The van der Waals surface area contributed by atoms with Crippen LogP contribution in [0.15, 0.2) is 0 Å². The average Bonchev–Trinajstić information content (AvgIpc) is 2.37. The van der Waals surface area contributed by atoms with E-state index in [1.54, 1.807) is 0 Å². The first-order valence-corrected chi connectivity index (χ1v) is 8.33. The zero-order valence-corrected chi connectivity index (χ0v) is 13.3. The van der Waals surface area contributed by atoms with E-state index in [1.807, 2.05) is 0 Å². The van der Waals surface area contributed by atoms with E-state index >= 15 is 0 Å². The monoisotopic (exact) mass is 270 g/mol. The first-order chi connectivity index (χ1) is 9.11. The second kappa shape index (κ2) is 12.5. The van der Waals surface area contributed by atoms with Crippen LogP contribution in [-0.2, 0) is 4.79 Å². The minimum Gasteiger partial charge on any atom is -0.481 e. The van der Waals surface area contributed by atoms with Crippen molar-refractivity contribution in [2.24, 2.45) is 11.8 Å². The molecule has 1 N–H and O–H groups in total. The van der Waals surface area contributed by atoms with E-state index in [0.29, 0.717) is 6.42 Å². The number of hydrogen-bond acceptors (Lipinski definition) is 1. The molecule has 0 aliphatic rings. The Balaban J connectivity index is 3.83. The fourth-order valence-electron chi connectivity index (χ4n) is 2.90. The van der Waals surface area contributed by atoms with E-state index in [1.165, 1.54) is 51.4 Å². The molecule has 0 bridgehead atoms. The van der Waals surface area contributed by atoms with Crippen LogP contribution in [0.3, 0.4) is 0 Å². The van der Waals surface area contributed by atoms with Gasteiger partial charge in [-0.05, 0) is 18.3 Å². The van der Waals surface area contributed by atoms with Gasteiger partial charge < -0.3 is 5.11 Å². The molecule has 2 nitrogen and oxygen atoms in total. The third-order valence-electron chi connectivity index (χ3n) is 4.19. The van der Waals surface area contributed by atoms with Crippen molar-refractivity contribution in [1.82, 2.24) is 0 Å². The smallest absolute Gasteiger partial charge is 0.303 e. The molecule has 2 heteroatoms. The standard InChI is InChI=1S/C17H34O2/c1-4-6-7-8-12-15(3)16(11-5-2)13-9-10-14-17(18)19/h15-16H,4-14H2,1-3H3,(H,18,19). The number of carboxylic acids is 1. The third kappa shape index (κ3) is 11.0. The van der Waals surface area contributed by atoms with E-state index in [9.17, 15) is 4.79 Å². The Morgan fingerprint density at radius 3 is 2.16 bits per heavy atom. The summed E-state index contributed by atoms with van der Waals surface area (Å²) in [6.07, 6.45) is 12.8. The van der Waals surface area contributed by atoms with Gasteiger partial charge in [-0.15, -0.1) is 0 Å². The number of carboxylic acid groups (broad SMARTS) is 1. The van der Waals surface area contributed by atoms with E-state index < -0.39 is 5.97 Å². The highest BCUT2D eigenvalue weighted by molar-refractivity contribution is 5.66. The van der Waals surface area contributed by atoms with E-state index in [0.717, 1.165) is 24.7 Å². The van der Waals surface area contributed by atoms with Crippen LogP contribution in [0.1, 0.15) is 91.4 Å². The molecule has 0 radical (unpaired) electrons. The zero-order chi connectivity index (χ0) is 14.5. The number of unbranched alkanes of at least 4 members (excludes halogenated alkanes) is 4. The average molecular weight is 270 g/mol. The molecule has 0 saturated carbocycles. The van der Waals surface area contributed by atoms with Crippen molar-refractivity contribution in [3.05, 3.63) is 0 Å². The molecule has 19 heavy (non-hydrogen) atoms. The molecule has 2 unspecified atom stereocenters. The molecule has 0 rings (SSSR count). The molecule has 0 aromatic heterocycles. The van der Waals surface area contributed by atoms with Crippen LogP contribution in [-0.4, -0.2) is 11.1 Å². The van der Waals surface area contributed by atoms with Crippen LogP contribution in [0, 0.1) is 11.8 Å². The van der Waals surface area contributed by atoms with Crippen molar-refractivity contribution in [2.45, 2.75) is 91.4 Å². The van der Waals surface area contributed by atoms with Gasteiger partial charge in [0, 0.05) is 6.42 Å². The Bertz CT molecular complexity index is 213. The maximum Gasteiger partial charge on any atom is 0.303 e. The van der Waals surface area contributed by atoms with Crippen molar-refractivity contribution in [3.8, 4) is 0 Å². The van der Waals surface area contributed by atoms with Crippen molar-refractivity contribution >= 4 is 5.97 Å². The minimum absolute atomic E-state index is 0.337. The third-order valence-corrected chi connectivity index (χ3v) is 4.19. The largest absolute Gasteiger partial charge is 0.481 e. The molecule has 0 spiro atoms. The summed E-state index contributed by atoms with van der Waals surface area (Å²) < 4.78 is 0. The summed E-state index contributed by atoms with van der Waals surface area (Å²) in [5.74, 6) is 0.960. The van der Waals surface area contributed by atoms with Crippen molar-refractivity contribution < 1.29 is 9.90 Å². The Morgan fingerprint density at radius 1 is 0.895 bits per heavy atom. The van der Waals surface area contributed by atoms with Crippen LogP contribution in [0.4, 0.5) is 0 Å². The Kier molecular flexibility index (Phi) is 12.2. The van der Waals surface area contributed by atoms with Crippen LogP contribution in [0.2, 0.25) is 0 Å². The summed E-state index contributed by atoms with van der Waals surface area (Å²) in [7, 11) is 0. The van der Waals surface area contributed by atoms with Gasteiger partial charge in [-0.2, -0.15) is 0 Å². The highest BCUT2D eigenvalue weighted by Gasteiger charge is 2.16. The van der Waals surface area contributed by atoms with Crippen molar-refractivity contribution in [2.75, 3.05) is 0 Å². The molecule has 0 aliphatic carbocycles. The molecule has 0 saturated heterocycles. The lowest BCUT2D eigenvalue weighted by Gasteiger charge is -2.23. The van der Waals surface area contributed by atoms with Crippen LogP contribution in [0.25, 0.3) is 0 Å². The molecular formula is C17H34O2. The summed E-state index contributed by atoms with van der Waals surface area (Å²) in [5, 5.41) is 8.66.